The molecule has 1 aromatic rings. The van der Waals surface area contributed by atoms with Gasteiger partial charge in [-0.3, -0.25) is 19.2 Å². The highest BCUT2D eigenvalue weighted by atomic mass is 16.4. The van der Waals surface area contributed by atoms with E-state index in [1.807, 2.05) is 13.8 Å². The second-order valence-electron chi connectivity index (χ2n) is 9.80. The summed E-state index contributed by atoms with van der Waals surface area (Å²) in [5.74, 6) is -4.28. The fourth-order valence-electron chi connectivity index (χ4n) is 3.57. The third-order valence-corrected chi connectivity index (χ3v) is 5.61. The Balaban J connectivity index is 2.99. The topological polar surface area (TPSA) is 214 Å². The van der Waals surface area contributed by atoms with Gasteiger partial charge in [0.1, 0.15) is 23.9 Å². The molecule has 0 aliphatic heterocycles. The lowest BCUT2D eigenvalue weighted by Crippen LogP contribution is -2.58. The maximum absolute atomic E-state index is 13.1. The molecule has 0 saturated carbocycles. The van der Waals surface area contributed by atoms with Gasteiger partial charge in [0, 0.05) is 12.8 Å². The fraction of sp³-hybridized carbons (Fsp3) is 0.560. The monoisotopic (exact) mass is 521 g/mol. The Morgan fingerprint density at radius 1 is 0.865 bits per heavy atom. The number of carbonyl (C=O) groups excluding carboxylic acids is 4. The van der Waals surface area contributed by atoms with Gasteiger partial charge in [-0.25, -0.2) is 4.79 Å². The van der Waals surface area contributed by atoms with E-state index in [0.29, 0.717) is 12.0 Å². The molecule has 12 heteroatoms. The van der Waals surface area contributed by atoms with Gasteiger partial charge in [0.25, 0.3) is 0 Å². The van der Waals surface area contributed by atoms with Crippen molar-refractivity contribution in [3.63, 3.8) is 0 Å². The van der Waals surface area contributed by atoms with E-state index in [2.05, 4.69) is 16.0 Å². The number of nitrogens with two attached hydrogens (primary N) is 2. The molecule has 0 heterocycles. The summed E-state index contributed by atoms with van der Waals surface area (Å²) in [7, 11) is 0. The van der Waals surface area contributed by atoms with Crippen molar-refractivity contribution in [2.75, 3.05) is 0 Å². The zero-order valence-electron chi connectivity index (χ0n) is 21.7. The van der Waals surface area contributed by atoms with E-state index in [4.69, 9.17) is 11.5 Å². The molecular formula is C25H39N5O7. The van der Waals surface area contributed by atoms with E-state index in [-0.39, 0.29) is 30.9 Å². The number of carboxylic acid groups (broad SMARTS) is 1. The van der Waals surface area contributed by atoms with Crippen molar-refractivity contribution >= 4 is 29.6 Å². The Hall–Kier alpha value is -3.67. The molecule has 4 atom stereocenters. The van der Waals surface area contributed by atoms with Crippen LogP contribution in [-0.4, -0.2) is 64.0 Å². The van der Waals surface area contributed by atoms with Crippen LogP contribution in [0, 0.1) is 11.8 Å². The minimum absolute atomic E-state index is 0.0189. The Bertz CT molecular complexity index is 949. The van der Waals surface area contributed by atoms with Gasteiger partial charge in [-0.2, -0.15) is 0 Å². The molecule has 4 unspecified atom stereocenters. The van der Waals surface area contributed by atoms with Crippen LogP contribution in [0.25, 0.3) is 0 Å². The minimum atomic E-state index is -1.30. The highest BCUT2D eigenvalue weighted by Gasteiger charge is 2.32. The summed E-state index contributed by atoms with van der Waals surface area (Å²) < 4.78 is 0. The van der Waals surface area contributed by atoms with Gasteiger partial charge < -0.3 is 37.6 Å². The van der Waals surface area contributed by atoms with Crippen LogP contribution < -0.4 is 27.4 Å². The van der Waals surface area contributed by atoms with Crippen molar-refractivity contribution in [3.05, 3.63) is 29.8 Å². The third kappa shape index (κ3) is 11.3. The maximum atomic E-state index is 13.1. The van der Waals surface area contributed by atoms with Crippen molar-refractivity contribution in [2.45, 2.75) is 77.5 Å². The second kappa shape index (κ2) is 14.8. The number of carbonyl (C=O) groups is 5. The number of rotatable bonds is 15. The van der Waals surface area contributed by atoms with Gasteiger partial charge in [-0.05, 0) is 42.4 Å². The standard InChI is InChI=1S/C25H39N5O7/c1-13(2)11-17(26)22(33)28-18(9-10-20(27)32)23(34)30-21(14(3)4)24(35)29-19(25(36)37)12-15-5-7-16(31)8-6-15/h5-8,13-14,17-19,21,31H,9-12,26H2,1-4H3,(H2,27,32)(H,28,33)(H,29,35)(H,30,34)(H,36,37). The number of primary amides is 1. The predicted molar refractivity (Wildman–Crippen MR) is 136 cm³/mol. The molecule has 0 aliphatic rings. The maximum Gasteiger partial charge on any atom is 0.326 e. The lowest BCUT2D eigenvalue weighted by atomic mass is 10.00. The van der Waals surface area contributed by atoms with Crippen LogP contribution in [0.1, 0.15) is 52.5 Å². The van der Waals surface area contributed by atoms with E-state index in [1.165, 1.54) is 24.3 Å². The van der Waals surface area contributed by atoms with E-state index in [1.54, 1.807) is 13.8 Å². The van der Waals surface area contributed by atoms with Crippen LogP contribution in [-0.2, 0) is 30.4 Å². The number of phenols is 1. The lowest BCUT2D eigenvalue weighted by molar-refractivity contribution is -0.142. The Morgan fingerprint density at radius 3 is 1.92 bits per heavy atom. The normalized spacial score (nSPS) is 14.4. The molecule has 1 aromatic carbocycles. The molecule has 0 aromatic heterocycles. The van der Waals surface area contributed by atoms with Gasteiger partial charge in [-0.15, -0.1) is 0 Å². The number of aromatic hydroxyl groups is 1. The van der Waals surface area contributed by atoms with Gasteiger partial charge in [-0.1, -0.05) is 39.8 Å². The zero-order chi connectivity index (χ0) is 28.3. The van der Waals surface area contributed by atoms with Crippen LogP contribution in [0.5, 0.6) is 5.75 Å². The highest BCUT2D eigenvalue weighted by molar-refractivity contribution is 5.94. The SMILES string of the molecule is CC(C)CC(N)C(=O)NC(CCC(N)=O)C(=O)NC(C(=O)NC(Cc1ccc(O)cc1)C(=O)O)C(C)C. The summed E-state index contributed by atoms with van der Waals surface area (Å²) in [5.41, 5.74) is 11.7. The Kier molecular flexibility index (Phi) is 12.5. The molecule has 4 amide bonds. The smallest absolute Gasteiger partial charge is 0.326 e. The molecule has 0 spiro atoms. The number of hydrogen-bond acceptors (Lipinski definition) is 7. The second-order valence-corrected chi connectivity index (χ2v) is 9.80. The first kappa shape index (κ1) is 31.4. The number of hydrogen-bond donors (Lipinski definition) is 7. The predicted octanol–water partition coefficient (Wildman–Crippen LogP) is -0.231. The number of nitrogens with one attached hydrogen (secondary N) is 3. The van der Waals surface area contributed by atoms with Crippen LogP contribution in [0.4, 0.5) is 0 Å². The largest absolute Gasteiger partial charge is 0.508 e. The van der Waals surface area contributed by atoms with E-state index in [9.17, 15) is 34.2 Å². The summed E-state index contributed by atoms with van der Waals surface area (Å²) in [6.07, 6.45) is 0.0339. The fourth-order valence-corrected chi connectivity index (χ4v) is 3.57. The summed E-state index contributed by atoms with van der Waals surface area (Å²) in [6.45, 7) is 7.11. The first-order valence-electron chi connectivity index (χ1n) is 12.2. The number of amides is 4. The van der Waals surface area contributed by atoms with Crippen LogP contribution in [0.2, 0.25) is 0 Å². The molecule has 0 fully saturated rings. The van der Waals surface area contributed by atoms with Crippen molar-refractivity contribution in [2.24, 2.45) is 23.3 Å². The first-order chi connectivity index (χ1) is 17.2. The van der Waals surface area contributed by atoms with Gasteiger partial charge in [0.2, 0.25) is 23.6 Å². The van der Waals surface area contributed by atoms with Crippen molar-refractivity contribution < 1.29 is 34.2 Å². The van der Waals surface area contributed by atoms with Crippen LogP contribution in [0.3, 0.4) is 0 Å². The van der Waals surface area contributed by atoms with E-state index < -0.39 is 59.7 Å². The molecule has 206 valence electrons. The Labute approximate surface area is 216 Å². The molecule has 0 saturated heterocycles. The van der Waals surface area contributed by atoms with Gasteiger partial charge in [0.15, 0.2) is 0 Å². The van der Waals surface area contributed by atoms with Crippen LogP contribution in [0.15, 0.2) is 24.3 Å². The number of carboxylic acids is 1. The average molecular weight is 522 g/mol. The summed E-state index contributed by atoms with van der Waals surface area (Å²) in [6, 6.07) is 1.40. The van der Waals surface area contributed by atoms with E-state index in [0.717, 1.165) is 0 Å². The summed E-state index contributed by atoms with van der Waals surface area (Å²) in [5, 5.41) is 26.5. The first-order valence-corrected chi connectivity index (χ1v) is 12.2. The van der Waals surface area contributed by atoms with Gasteiger partial charge >= 0.3 is 5.97 Å². The number of aliphatic carboxylic acids is 1. The molecule has 9 N–H and O–H groups in total. The lowest BCUT2D eigenvalue weighted by Gasteiger charge is -2.27. The average Bonchev–Trinajstić information content (AvgIpc) is 2.79. The Morgan fingerprint density at radius 2 is 1.43 bits per heavy atom. The molecule has 12 nitrogen and oxygen atoms in total. The number of benzene rings is 1. The minimum Gasteiger partial charge on any atom is -0.508 e. The van der Waals surface area contributed by atoms with E-state index >= 15 is 0 Å². The summed E-state index contributed by atoms with van der Waals surface area (Å²) in [4.78, 5) is 61.7. The van der Waals surface area contributed by atoms with Crippen LogP contribution >= 0.6 is 0 Å². The van der Waals surface area contributed by atoms with Crippen molar-refractivity contribution in [3.8, 4) is 5.75 Å². The van der Waals surface area contributed by atoms with Crippen molar-refractivity contribution in [1.82, 2.24) is 16.0 Å². The highest BCUT2D eigenvalue weighted by Crippen LogP contribution is 2.12. The third-order valence-electron chi connectivity index (χ3n) is 5.61. The molecule has 0 radical (unpaired) electrons. The quantitative estimate of drug-likeness (QED) is 0.163. The molecule has 37 heavy (non-hydrogen) atoms. The van der Waals surface area contributed by atoms with Gasteiger partial charge in [0.05, 0.1) is 6.04 Å². The number of phenolic OH excluding ortho intramolecular Hbond substituents is 1. The molecule has 0 bridgehead atoms. The molecule has 1 rings (SSSR count). The zero-order valence-corrected chi connectivity index (χ0v) is 21.7. The van der Waals surface area contributed by atoms with Crippen molar-refractivity contribution in [1.29, 1.82) is 0 Å². The molecule has 0 aliphatic carbocycles. The molecular weight excluding hydrogens is 482 g/mol. The summed E-state index contributed by atoms with van der Waals surface area (Å²) >= 11 is 0.